The van der Waals surface area contributed by atoms with Gasteiger partial charge in [-0.1, -0.05) is 0 Å². The minimum atomic E-state index is -2.34. The number of allylic oxidation sites excluding steroid dienone is 1. The molecule has 6 aliphatic carbocycles. The van der Waals surface area contributed by atoms with Gasteiger partial charge < -0.3 is 35.0 Å². The smallest absolute Gasteiger partial charge is 0.178 e. The van der Waals surface area contributed by atoms with Crippen LogP contribution in [0.25, 0.3) is 5.76 Å². The maximum absolute atomic E-state index is 14.6. The van der Waals surface area contributed by atoms with Crippen molar-refractivity contribution in [2.45, 2.75) is 12.2 Å². The summed E-state index contributed by atoms with van der Waals surface area (Å²) in [5.74, 6) is -15.2. The van der Waals surface area contributed by atoms with Crippen LogP contribution in [0, 0.1) is 40.4 Å². The summed E-state index contributed by atoms with van der Waals surface area (Å²) in [5.41, 5.74) is -6.71. The Hall–Kier alpha value is -4.55. The molecule has 2 aromatic rings. The van der Waals surface area contributed by atoms with Gasteiger partial charge in [-0.2, -0.15) is 0 Å². The second kappa shape index (κ2) is 7.26. The molecule has 4 fully saturated rings. The number of aliphatic hydroxyl groups excluding tert-OH is 3. The molecule has 42 heavy (non-hydrogen) atoms. The van der Waals surface area contributed by atoms with E-state index >= 15 is 0 Å². The number of hydrogen-bond acceptors (Lipinski definition) is 12. The summed E-state index contributed by atoms with van der Waals surface area (Å²) < 4.78 is 10.3. The zero-order chi connectivity index (χ0) is 29.9. The van der Waals surface area contributed by atoms with Gasteiger partial charge in [0, 0.05) is 35.1 Å². The van der Waals surface area contributed by atoms with Crippen LogP contribution in [0.3, 0.4) is 0 Å². The average molecular weight is 574 g/mol. The first kappa shape index (κ1) is 25.2. The molecule has 0 saturated heterocycles. The Morgan fingerprint density at radius 2 is 1.24 bits per heavy atom. The number of benzene rings is 2. The topological polar surface area (TPSA) is 205 Å². The summed E-state index contributed by atoms with van der Waals surface area (Å²) in [7, 11) is 2.53. The number of aliphatic hydroxyl groups is 3. The van der Waals surface area contributed by atoms with Gasteiger partial charge in [0.25, 0.3) is 0 Å². The number of Topliss-reactive ketones (excluding diaryl/α,β-unsaturated/α-hetero) is 5. The summed E-state index contributed by atoms with van der Waals surface area (Å²) >= 11 is 0. The summed E-state index contributed by atoms with van der Waals surface area (Å²) in [4.78, 5) is 72.2. The highest BCUT2D eigenvalue weighted by molar-refractivity contribution is 6.32. The van der Waals surface area contributed by atoms with Gasteiger partial charge in [0.05, 0.1) is 71.7 Å². The van der Waals surface area contributed by atoms with E-state index in [1.165, 1.54) is 26.4 Å². The van der Waals surface area contributed by atoms with Crippen molar-refractivity contribution in [3.63, 3.8) is 0 Å². The van der Waals surface area contributed by atoms with E-state index in [0.717, 1.165) is 12.1 Å². The largest absolute Gasteiger partial charge is 0.507 e. The van der Waals surface area contributed by atoms with Gasteiger partial charge in [-0.3, -0.25) is 24.0 Å². The number of aromatic hydroxyl groups is 2. The number of methoxy groups -OCH3 is 2. The lowest BCUT2D eigenvalue weighted by molar-refractivity contribution is -0.154. The fraction of sp³-hybridized carbons (Fsp3) is 0.367. The van der Waals surface area contributed by atoms with Gasteiger partial charge >= 0.3 is 0 Å². The molecule has 2 aromatic carbocycles. The molecule has 2 spiro atoms. The quantitative estimate of drug-likeness (QED) is 0.313. The Labute approximate surface area is 235 Å². The number of rotatable bonds is 2. The van der Waals surface area contributed by atoms with Crippen LogP contribution < -0.4 is 9.47 Å². The number of hydrogen-bond donors (Lipinski definition) is 5. The summed E-state index contributed by atoms with van der Waals surface area (Å²) in [6.45, 7) is 0. The van der Waals surface area contributed by atoms with Crippen molar-refractivity contribution in [2.24, 2.45) is 40.4 Å². The number of phenolic OH excluding ortho intramolecular Hbond substituents is 2. The molecule has 12 nitrogen and oxygen atoms in total. The fourth-order valence-corrected chi connectivity index (χ4v) is 9.69. The predicted molar refractivity (Wildman–Crippen MR) is 136 cm³/mol. The number of ketones is 5. The third kappa shape index (κ3) is 2.16. The van der Waals surface area contributed by atoms with Gasteiger partial charge in [0.1, 0.15) is 28.8 Å². The van der Waals surface area contributed by atoms with Crippen LogP contribution in [0.2, 0.25) is 0 Å². The van der Waals surface area contributed by atoms with Crippen LogP contribution in [0.5, 0.6) is 23.0 Å². The van der Waals surface area contributed by atoms with Crippen LogP contribution >= 0.6 is 0 Å². The van der Waals surface area contributed by atoms with Gasteiger partial charge in [-0.25, -0.2) is 0 Å². The summed E-state index contributed by atoms with van der Waals surface area (Å²) in [5, 5.41) is 56.5. The predicted octanol–water partition coefficient (Wildman–Crippen LogP) is 0.628. The van der Waals surface area contributed by atoms with Crippen molar-refractivity contribution in [2.75, 3.05) is 14.2 Å². The average Bonchev–Trinajstić information content (AvgIpc) is 3.31. The Kier molecular flexibility index (Phi) is 4.35. The third-order valence-electron chi connectivity index (χ3n) is 10.8. The molecular formula is C30H22O12. The van der Waals surface area contributed by atoms with Gasteiger partial charge in [0.15, 0.2) is 28.9 Å². The maximum atomic E-state index is 14.6. The molecule has 12 heteroatoms. The molecule has 0 heterocycles. The van der Waals surface area contributed by atoms with Crippen molar-refractivity contribution in [1.82, 2.24) is 0 Å². The van der Waals surface area contributed by atoms with Gasteiger partial charge in [0.2, 0.25) is 0 Å². The molecule has 0 aliphatic heterocycles. The Bertz CT molecular complexity index is 1820. The van der Waals surface area contributed by atoms with Gasteiger partial charge in [-0.05, 0) is 12.1 Å². The molecule has 9 atom stereocenters. The van der Waals surface area contributed by atoms with Crippen molar-refractivity contribution in [3.05, 3.63) is 52.1 Å². The first-order valence-corrected chi connectivity index (χ1v) is 13.3. The Balaban J connectivity index is 1.50. The number of fused-ring (bicyclic) bond motifs is 4. The van der Waals surface area contributed by atoms with Gasteiger partial charge in [-0.15, -0.1) is 0 Å². The highest BCUT2D eigenvalue weighted by atomic mass is 16.5. The number of carbonyl (C=O) groups excluding carboxylic acids is 5. The molecule has 0 radical (unpaired) electrons. The van der Waals surface area contributed by atoms with E-state index in [0.29, 0.717) is 0 Å². The maximum Gasteiger partial charge on any atom is 0.178 e. The standard InChI is InChI=1S/C30H22O12/c1-41-7-3-9-13(11(31)5-7)21(33)17-25(37)20-23(35)15-16-24(36)19(29(15,17)27(9)39)26(38)18-22(34)14-10(28(40)30(16,18)20)4-8(42-2)6-12(14)32/h3-6,15-17,19-20,23-24,31-32,34-36H,1-2H3/t15-,16-,17-,19+,20+,23+,24+,29+,30+/m0/s1. The van der Waals surface area contributed by atoms with Crippen molar-refractivity contribution >= 4 is 34.7 Å². The Morgan fingerprint density at radius 3 is 1.83 bits per heavy atom. The molecule has 4 saturated carbocycles. The van der Waals surface area contributed by atoms with Crippen LogP contribution in [-0.2, 0) is 9.59 Å². The molecule has 214 valence electrons. The van der Waals surface area contributed by atoms with Crippen LogP contribution in [-0.4, -0.2) is 80.9 Å². The number of ether oxygens (including phenoxy) is 2. The zero-order valence-corrected chi connectivity index (χ0v) is 21.9. The molecule has 0 aromatic heterocycles. The lowest BCUT2D eigenvalue weighted by atomic mass is 9.43. The second-order valence-corrected chi connectivity index (χ2v) is 11.9. The van der Waals surface area contributed by atoms with E-state index in [2.05, 4.69) is 0 Å². The van der Waals surface area contributed by atoms with Crippen LogP contribution in [0.15, 0.2) is 29.8 Å². The molecular weight excluding hydrogens is 552 g/mol. The van der Waals surface area contributed by atoms with E-state index in [1.807, 2.05) is 0 Å². The van der Waals surface area contributed by atoms with Crippen molar-refractivity contribution in [3.8, 4) is 23.0 Å². The minimum Gasteiger partial charge on any atom is -0.507 e. The Morgan fingerprint density at radius 1 is 0.690 bits per heavy atom. The van der Waals surface area contributed by atoms with Crippen molar-refractivity contribution < 1.29 is 59.0 Å². The van der Waals surface area contributed by atoms with Crippen LogP contribution in [0.4, 0.5) is 0 Å². The lowest BCUT2D eigenvalue weighted by Gasteiger charge is -2.55. The van der Waals surface area contributed by atoms with E-state index < -0.39 is 110 Å². The minimum absolute atomic E-state index is 0.00243. The highest BCUT2D eigenvalue weighted by Gasteiger charge is 2.91. The van der Waals surface area contributed by atoms with E-state index in [-0.39, 0.29) is 28.2 Å². The van der Waals surface area contributed by atoms with Crippen molar-refractivity contribution in [1.29, 1.82) is 0 Å². The lowest BCUT2D eigenvalue weighted by Crippen LogP contribution is -2.69. The SMILES string of the molecule is COc1cc(O)c2c(c1)C(=O)[C@@]13[C@@H](C2=O)C(=O)[C@H]2[C@H](O)[C@@H]1[C@H]1[C@@H](O)[C@@H]3C(=O)C3=C(O)c4c(O)cc(OC)cc4C(=O)[C@@]312. The van der Waals surface area contributed by atoms with E-state index in [9.17, 15) is 49.5 Å². The first-order valence-electron chi connectivity index (χ1n) is 13.3. The first-order chi connectivity index (χ1) is 19.9. The van der Waals surface area contributed by atoms with E-state index in [1.54, 1.807) is 0 Å². The summed E-state index contributed by atoms with van der Waals surface area (Å²) in [6.07, 6.45) is -3.51. The van der Waals surface area contributed by atoms with E-state index in [4.69, 9.17) is 9.47 Å². The number of phenols is 2. The molecule has 0 unspecified atom stereocenters. The monoisotopic (exact) mass is 574 g/mol. The highest BCUT2D eigenvalue weighted by Crippen LogP contribution is 2.80. The molecule has 0 amide bonds. The zero-order valence-electron chi connectivity index (χ0n) is 21.9. The molecule has 8 rings (SSSR count). The molecule has 5 N–H and O–H groups in total. The summed E-state index contributed by atoms with van der Waals surface area (Å²) in [6, 6.07) is 4.61. The number of carbonyl (C=O) groups is 5. The second-order valence-electron chi connectivity index (χ2n) is 11.9. The normalized spacial score (nSPS) is 38.4. The molecule has 4 bridgehead atoms. The third-order valence-corrected chi connectivity index (χ3v) is 10.8. The fourth-order valence-electron chi connectivity index (χ4n) is 9.69. The van der Waals surface area contributed by atoms with Crippen LogP contribution in [0.1, 0.15) is 36.6 Å². The molecule has 6 aliphatic rings.